The van der Waals surface area contributed by atoms with Crippen molar-refractivity contribution in [1.29, 1.82) is 0 Å². The molecule has 1 unspecified atom stereocenters. The lowest BCUT2D eigenvalue weighted by Crippen LogP contribution is -2.34. The summed E-state index contributed by atoms with van der Waals surface area (Å²) >= 11 is 0. The Balaban J connectivity index is 1.57. The molecule has 1 amide bonds. The summed E-state index contributed by atoms with van der Waals surface area (Å²) in [5.41, 5.74) is 1.07. The summed E-state index contributed by atoms with van der Waals surface area (Å²) in [5, 5.41) is -1.31. The van der Waals surface area contributed by atoms with Gasteiger partial charge in [0.25, 0.3) is 5.56 Å². The van der Waals surface area contributed by atoms with Crippen LogP contribution in [0.15, 0.2) is 89.7 Å². The zero-order valence-corrected chi connectivity index (χ0v) is 20.0. The molecule has 1 atom stereocenters. The van der Waals surface area contributed by atoms with Crippen molar-refractivity contribution in [1.82, 2.24) is 9.36 Å². The minimum atomic E-state index is -3.88. The fourth-order valence-corrected chi connectivity index (χ4v) is 6.12. The van der Waals surface area contributed by atoms with Gasteiger partial charge in [0.15, 0.2) is 15.2 Å². The van der Waals surface area contributed by atoms with Gasteiger partial charge in [-0.3, -0.25) is 19.2 Å². The van der Waals surface area contributed by atoms with Crippen LogP contribution in [-0.2, 0) is 21.7 Å². The highest BCUT2D eigenvalue weighted by Crippen LogP contribution is 2.38. The third kappa shape index (κ3) is 3.93. The predicted molar refractivity (Wildman–Crippen MR) is 133 cm³/mol. The van der Waals surface area contributed by atoms with Crippen LogP contribution in [0, 0.1) is 6.92 Å². The molecule has 0 bridgehead atoms. The number of hydrogen-bond donors (Lipinski definition) is 0. The number of anilines is 1. The summed E-state index contributed by atoms with van der Waals surface area (Å²) in [6.07, 6.45) is 0. The van der Waals surface area contributed by atoms with Gasteiger partial charge < -0.3 is 4.74 Å². The number of carbonyl (C=O) groups is 1. The minimum absolute atomic E-state index is 0.0528. The van der Waals surface area contributed by atoms with Crippen molar-refractivity contribution in [3.8, 4) is 17.2 Å². The van der Waals surface area contributed by atoms with Crippen LogP contribution in [0.2, 0.25) is 0 Å². The number of sulfone groups is 1. The number of aromatic nitrogens is 2. The van der Waals surface area contributed by atoms with Gasteiger partial charge in [0.2, 0.25) is 5.91 Å². The maximum absolute atomic E-state index is 13.5. The summed E-state index contributed by atoms with van der Waals surface area (Å²) in [5.74, 6) is -0.132. The average Bonchev–Trinajstić information content (AvgIpc) is 3.21. The first kappa shape index (κ1) is 22.7. The Bertz CT molecular complexity index is 1560. The fourth-order valence-electron chi connectivity index (χ4n) is 4.37. The molecule has 0 aliphatic carbocycles. The van der Waals surface area contributed by atoms with Gasteiger partial charge in [0, 0.05) is 7.05 Å². The Morgan fingerprint density at radius 1 is 0.829 bits per heavy atom. The summed E-state index contributed by atoms with van der Waals surface area (Å²) in [4.78, 5) is 27.7. The van der Waals surface area contributed by atoms with E-state index in [0.717, 1.165) is 4.90 Å². The summed E-state index contributed by atoms with van der Waals surface area (Å²) in [6.45, 7) is 1.70. The Morgan fingerprint density at radius 3 is 2.03 bits per heavy atom. The third-order valence-corrected chi connectivity index (χ3v) is 7.89. The van der Waals surface area contributed by atoms with Crippen LogP contribution in [0.4, 0.5) is 5.69 Å². The van der Waals surface area contributed by atoms with E-state index in [1.165, 1.54) is 4.68 Å². The van der Waals surface area contributed by atoms with Gasteiger partial charge in [-0.25, -0.2) is 13.1 Å². The van der Waals surface area contributed by atoms with E-state index in [9.17, 15) is 18.0 Å². The van der Waals surface area contributed by atoms with Gasteiger partial charge in [-0.05, 0) is 48.9 Å². The highest BCUT2D eigenvalue weighted by Gasteiger charge is 2.48. The molecule has 178 valence electrons. The molecular weight excluding hydrogens is 466 g/mol. The topological polar surface area (TPSA) is 90.6 Å². The Kier molecular flexibility index (Phi) is 5.56. The first-order chi connectivity index (χ1) is 16.8. The van der Waals surface area contributed by atoms with Crippen molar-refractivity contribution >= 4 is 21.4 Å². The first-order valence-electron chi connectivity index (χ1n) is 11.0. The number of hydrogen-bond acceptors (Lipinski definition) is 5. The quantitative estimate of drug-likeness (QED) is 0.426. The molecule has 1 fully saturated rings. The number of benzene rings is 3. The molecule has 0 spiro atoms. The van der Waals surface area contributed by atoms with Gasteiger partial charge >= 0.3 is 0 Å². The van der Waals surface area contributed by atoms with Crippen molar-refractivity contribution < 1.29 is 17.9 Å². The SMILES string of the molecule is Cc1c(N2C(=O)CS(=O)(=O)C2c2ccc(Oc3ccccc3)cc2)c(=O)n(-c2ccccc2)n1C. The van der Waals surface area contributed by atoms with Gasteiger partial charge in [-0.15, -0.1) is 0 Å². The maximum Gasteiger partial charge on any atom is 0.295 e. The van der Waals surface area contributed by atoms with Gasteiger partial charge in [-0.1, -0.05) is 48.5 Å². The second-order valence-electron chi connectivity index (χ2n) is 8.32. The first-order valence-corrected chi connectivity index (χ1v) is 12.7. The van der Waals surface area contributed by atoms with E-state index in [1.807, 2.05) is 36.4 Å². The molecule has 0 N–H and O–H groups in total. The lowest BCUT2D eigenvalue weighted by molar-refractivity contribution is -0.115. The van der Waals surface area contributed by atoms with Gasteiger partial charge in [0.1, 0.15) is 22.9 Å². The lowest BCUT2D eigenvalue weighted by atomic mass is 10.2. The highest BCUT2D eigenvalue weighted by atomic mass is 32.2. The van der Waals surface area contributed by atoms with E-state index in [2.05, 4.69) is 0 Å². The Morgan fingerprint density at radius 2 is 1.40 bits per heavy atom. The maximum atomic E-state index is 13.5. The molecule has 1 aromatic heterocycles. The smallest absolute Gasteiger partial charge is 0.295 e. The number of carbonyl (C=O) groups excluding carboxylic acids is 1. The van der Waals surface area contributed by atoms with Crippen molar-refractivity contribution in [2.24, 2.45) is 7.05 Å². The zero-order chi connectivity index (χ0) is 24.7. The number of ether oxygens (including phenoxy) is 1. The van der Waals surface area contributed by atoms with E-state index in [-0.39, 0.29) is 5.69 Å². The molecule has 1 aliphatic heterocycles. The lowest BCUT2D eigenvalue weighted by Gasteiger charge is -2.23. The van der Waals surface area contributed by atoms with E-state index >= 15 is 0 Å². The van der Waals surface area contributed by atoms with Crippen molar-refractivity contribution in [3.05, 3.63) is 107 Å². The summed E-state index contributed by atoms with van der Waals surface area (Å²) in [7, 11) is -2.18. The average molecular weight is 490 g/mol. The predicted octanol–water partition coefficient (Wildman–Crippen LogP) is 3.74. The summed E-state index contributed by atoms with van der Waals surface area (Å²) < 4.78 is 35.1. The number of nitrogens with zero attached hydrogens (tertiary/aromatic N) is 3. The van der Waals surface area contributed by atoms with Crippen LogP contribution in [0.25, 0.3) is 5.69 Å². The number of para-hydroxylation sites is 2. The second kappa shape index (κ2) is 8.59. The fraction of sp³-hybridized carbons (Fsp3) is 0.154. The molecule has 1 saturated heterocycles. The molecule has 1 aliphatic rings. The molecule has 5 rings (SSSR count). The molecule has 2 heterocycles. The van der Waals surface area contributed by atoms with Crippen LogP contribution < -0.4 is 15.2 Å². The Hall–Kier alpha value is -4.11. The van der Waals surface area contributed by atoms with Crippen LogP contribution in [0.1, 0.15) is 16.6 Å². The van der Waals surface area contributed by atoms with Gasteiger partial charge in [0.05, 0.1) is 11.4 Å². The number of amides is 1. The van der Waals surface area contributed by atoms with Gasteiger partial charge in [-0.2, -0.15) is 0 Å². The normalized spacial score (nSPS) is 17.0. The molecule has 4 aromatic rings. The number of rotatable bonds is 5. The summed E-state index contributed by atoms with van der Waals surface area (Å²) in [6, 6.07) is 24.7. The monoisotopic (exact) mass is 489 g/mol. The molecule has 9 heteroatoms. The van der Waals surface area contributed by atoms with Crippen LogP contribution in [-0.4, -0.2) is 29.4 Å². The van der Waals surface area contributed by atoms with E-state index in [4.69, 9.17) is 4.74 Å². The van der Waals surface area contributed by atoms with Crippen molar-refractivity contribution in [2.45, 2.75) is 12.3 Å². The minimum Gasteiger partial charge on any atom is -0.457 e. The van der Waals surface area contributed by atoms with E-state index in [0.29, 0.717) is 28.4 Å². The highest BCUT2D eigenvalue weighted by molar-refractivity contribution is 7.93. The largest absolute Gasteiger partial charge is 0.457 e. The van der Waals surface area contributed by atoms with Crippen LogP contribution in [0.5, 0.6) is 11.5 Å². The molecule has 8 nitrogen and oxygen atoms in total. The van der Waals surface area contributed by atoms with Crippen molar-refractivity contribution in [3.63, 3.8) is 0 Å². The Labute approximate surface area is 202 Å². The van der Waals surface area contributed by atoms with E-state index in [1.54, 1.807) is 67.2 Å². The molecular formula is C26H23N3O5S. The zero-order valence-electron chi connectivity index (χ0n) is 19.2. The van der Waals surface area contributed by atoms with Crippen molar-refractivity contribution in [2.75, 3.05) is 10.7 Å². The molecule has 0 radical (unpaired) electrons. The molecule has 0 saturated carbocycles. The molecule has 3 aromatic carbocycles. The van der Waals surface area contributed by atoms with Crippen LogP contribution in [0.3, 0.4) is 0 Å². The standard InChI is InChI=1S/C26H23N3O5S/c1-18-24(25(31)29(27(18)2)20-9-5-3-6-10-20)28-23(30)17-35(32,33)26(28)19-13-15-22(16-14-19)34-21-11-7-4-8-12-21/h3-16,26H,17H2,1-2H3. The molecule has 35 heavy (non-hydrogen) atoms. The van der Waals surface area contributed by atoms with E-state index < -0.39 is 32.4 Å². The second-order valence-corrected chi connectivity index (χ2v) is 10.4. The third-order valence-electron chi connectivity index (χ3n) is 6.08. The van der Waals surface area contributed by atoms with Crippen LogP contribution >= 0.6 is 0 Å².